The first kappa shape index (κ1) is 25.5. The van der Waals surface area contributed by atoms with Crippen LogP contribution < -0.4 is 0 Å². The molecule has 1 saturated heterocycles. The van der Waals surface area contributed by atoms with Gasteiger partial charge in [0.1, 0.15) is 17.4 Å². The van der Waals surface area contributed by atoms with Crippen LogP contribution >= 0.6 is 0 Å². The third-order valence-corrected chi connectivity index (χ3v) is 9.55. The molecule has 7 nitrogen and oxygen atoms in total. The zero-order valence-electron chi connectivity index (χ0n) is 21.5. The van der Waals surface area contributed by atoms with E-state index in [9.17, 15) is 29.7 Å². The Morgan fingerprint density at radius 1 is 1.12 bits per heavy atom. The van der Waals surface area contributed by atoms with E-state index in [1.54, 1.807) is 41.5 Å². The van der Waals surface area contributed by atoms with E-state index in [4.69, 9.17) is 4.74 Å². The predicted octanol–water partition coefficient (Wildman–Crippen LogP) is 2.88. The molecule has 4 aliphatic rings. The molecule has 0 radical (unpaired) electrons. The lowest BCUT2D eigenvalue weighted by molar-refractivity contribution is -0.171. The Bertz CT molecular complexity index is 968. The van der Waals surface area contributed by atoms with E-state index in [1.165, 1.54) is 0 Å². The number of ether oxygens (including phenoxy) is 1. The third kappa shape index (κ3) is 3.37. The van der Waals surface area contributed by atoms with Crippen molar-refractivity contribution in [3.8, 4) is 0 Å². The van der Waals surface area contributed by atoms with Crippen LogP contribution in [0, 0.1) is 28.6 Å². The topological polar surface area (TPSA) is 121 Å². The van der Waals surface area contributed by atoms with Crippen molar-refractivity contribution in [1.29, 1.82) is 0 Å². The summed E-state index contributed by atoms with van der Waals surface area (Å²) in [4.78, 5) is 42.2. The molecule has 1 spiro atoms. The van der Waals surface area contributed by atoms with Gasteiger partial charge in [-0.15, -0.1) is 0 Å². The summed E-state index contributed by atoms with van der Waals surface area (Å²) in [7, 11) is 0. The predicted molar refractivity (Wildman–Crippen MR) is 125 cm³/mol. The van der Waals surface area contributed by atoms with E-state index in [2.05, 4.69) is 0 Å². The van der Waals surface area contributed by atoms with Crippen LogP contribution in [0.15, 0.2) is 11.3 Å². The summed E-state index contributed by atoms with van der Waals surface area (Å²) < 4.78 is 6.07. The van der Waals surface area contributed by atoms with Crippen molar-refractivity contribution in [2.45, 2.75) is 110 Å². The number of hydrogen-bond donors (Lipinski definition) is 3. The highest BCUT2D eigenvalue weighted by Crippen LogP contribution is 2.64. The lowest BCUT2D eigenvalue weighted by atomic mass is 9.49. The van der Waals surface area contributed by atoms with E-state index in [0.29, 0.717) is 19.3 Å². The first-order valence-corrected chi connectivity index (χ1v) is 12.6. The minimum absolute atomic E-state index is 0.0745. The van der Waals surface area contributed by atoms with Crippen molar-refractivity contribution < 1.29 is 34.4 Å². The summed E-state index contributed by atoms with van der Waals surface area (Å²) in [6.07, 6.45) is 1.03. The highest BCUT2D eigenvalue weighted by atomic mass is 16.5. The maximum absolute atomic E-state index is 14.4. The SMILES string of the molecule is CCC(C)C(=O)C1=C2O[C@H](C(C)(C)O)C[C@]2(C)C(=O)[C@]2(C[C@H]3[C@@H](CC[C@@]3(C)O)[C@](C)(O)C2)C1=O. The van der Waals surface area contributed by atoms with Crippen LogP contribution in [-0.4, -0.2) is 55.6 Å². The van der Waals surface area contributed by atoms with Crippen LogP contribution in [0.25, 0.3) is 0 Å². The molecule has 3 fully saturated rings. The molecule has 34 heavy (non-hydrogen) atoms. The summed E-state index contributed by atoms with van der Waals surface area (Å²) in [5, 5.41) is 33.4. The average molecular weight is 477 g/mol. The van der Waals surface area contributed by atoms with Gasteiger partial charge in [-0.2, -0.15) is 0 Å². The molecule has 3 aliphatic carbocycles. The first-order chi connectivity index (χ1) is 15.4. The fourth-order valence-electron chi connectivity index (χ4n) is 7.24. The van der Waals surface area contributed by atoms with Crippen LogP contribution in [0.1, 0.15) is 87.0 Å². The molecule has 0 bridgehead atoms. The highest BCUT2D eigenvalue weighted by molar-refractivity contribution is 6.31. The van der Waals surface area contributed by atoms with E-state index in [1.807, 2.05) is 6.92 Å². The Hall–Kier alpha value is -1.57. The normalized spacial score (nSPS) is 45.3. The molecular formula is C27H40O7. The van der Waals surface area contributed by atoms with Crippen molar-refractivity contribution in [1.82, 2.24) is 0 Å². The number of carbonyl (C=O) groups is 3. The van der Waals surface area contributed by atoms with Gasteiger partial charge in [0.15, 0.2) is 17.3 Å². The molecule has 0 aromatic rings. The number of Topliss-reactive ketones (excluding diaryl/α,β-unsaturated/α-hetero) is 3. The fourth-order valence-corrected chi connectivity index (χ4v) is 7.24. The van der Waals surface area contributed by atoms with E-state index in [0.717, 1.165) is 0 Å². The van der Waals surface area contributed by atoms with Gasteiger partial charge in [-0.25, -0.2) is 0 Å². The quantitative estimate of drug-likeness (QED) is 0.421. The molecule has 0 aromatic heterocycles. The largest absolute Gasteiger partial charge is 0.490 e. The van der Waals surface area contributed by atoms with Crippen molar-refractivity contribution in [2.24, 2.45) is 28.6 Å². The number of rotatable bonds is 4. The Kier molecular flexibility index (Phi) is 5.61. The zero-order chi connectivity index (χ0) is 25.6. The maximum atomic E-state index is 14.4. The standard InChI is InChI=1S/C27H40O7/c1-8-14(2)19(28)18-20(29)27(11-16-15(26(7,33)13-27)9-10-25(16,6)32)22(30)24(5)12-17(23(3,4)31)34-21(18)24/h14-17,31-33H,8-13H2,1-7H3/t14?,15-,16+,17+,24+,25-,26-,27+/m1/s1. The van der Waals surface area contributed by atoms with Gasteiger partial charge < -0.3 is 20.1 Å². The van der Waals surface area contributed by atoms with Crippen molar-refractivity contribution >= 4 is 17.3 Å². The third-order valence-electron chi connectivity index (χ3n) is 9.55. The first-order valence-electron chi connectivity index (χ1n) is 12.6. The maximum Gasteiger partial charge on any atom is 0.183 e. The lowest BCUT2D eigenvalue weighted by Crippen LogP contribution is -2.62. The number of aliphatic hydroxyl groups is 3. The second-order valence-electron chi connectivity index (χ2n) is 12.8. The minimum Gasteiger partial charge on any atom is -0.490 e. The van der Waals surface area contributed by atoms with Crippen LogP contribution in [0.4, 0.5) is 0 Å². The van der Waals surface area contributed by atoms with Crippen LogP contribution in [0.3, 0.4) is 0 Å². The number of ketones is 3. The fraction of sp³-hybridized carbons (Fsp3) is 0.815. The Labute approximate surface area is 201 Å². The lowest BCUT2D eigenvalue weighted by Gasteiger charge is -2.53. The van der Waals surface area contributed by atoms with E-state index < -0.39 is 51.4 Å². The van der Waals surface area contributed by atoms with Gasteiger partial charge in [-0.05, 0) is 78.6 Å². The molecule has 0 aromatic carbocycles. The van der Waals surface area contributed by atoms with Crippen molar-refractivity contribution in [3.63, 3.8) is 0 Å². The smallest absolute Gasteiger partial charge is 0.183 e. The monoisotopic (exact) mass is 476 g/mol. The second-order valence-corrected chi connectivity index (χ2v) is 12.8. The van der Waals surface area contributed by atoms with E-state index in [-0.39, 0.29) is 48.1 Å². The number of allylic oxidation sites excluding steroid dienone is 2. The average Bonchev–Trinajstić information content (AvgIpc) is 3.24. The summed E-state index contributed by atoms with van der Waals surface area (Å²) in [6, 6.07) is 0. The molecular weight excluding hydrogens is 436 g/mol. The van der Waals surface area contributed by atoms with Gasteiger partial charge in [0, 0.05) is 12.3 Å². The van der Waals surface area contributed by atoms with Crippen molar-refractivity contribution in [2.75, 3.05) is 0 Å². The van der Waals surface area contributed by atoms with Gasteiger partial charge in [0.25, 0.3) is 0 Å². The number of fused-ring (bicyclic) bond motifs is 2. The summed E-state index contributed by atoms with van der Waals surface area (Å²) in [5.74, 6) is -2.37. The molecule has 1 aliphatic heterocycles. The Morgan fingerprint density at radius 2 is 1.74 bits per heavy atom. The van der Waals surface area contributed by atoms with Crippen LogP contribution in [0.5, 0.6) is 0 Å². The van der Waals surface area contributed by atoms with Gasteiger partial charge >= 0.3 is 0 Å². The van der Waals surface area contributed by atoms with Crippen LogP contribution in [-0.2, 0) is 19.1 Å². The zero-order valence-corrected chi connectivity index (χ0v) is 21.5. The summed E-state index contributed by atoms with van der Waals surface area (Å²) in [5.41, 5.74) is -6.72. The molecule has 7 heteroatoms. The molecule has 2 saturated carbocycles. The number of hydrogen-bond acceptors (Lipinski definition) is 7. The summed E-state index contributed by atoms with van der Waals surface area (Å²) in [6.45, 7) is 11.8. The van der Waals surface area contributed by atoms with Gasteiger partial charge in [0.2, 0.25) is 0 Å². The summed E-state index contributed by atoms with van der Waals surface area (Å²) >= 11 is 0. The molecule has 1 heterocycles. The number of carbonyl (C=O) groups excluding carboxylic acids is 3. The van der Waals surface area contributed by atoms with Crippen LogP contribution in [0.2, 0.25) is 0 Å². The Balaban J connectivity index is 1.92. The molecule has 3 N–H and O–H groups in total. The molecule has 1 unspecified atom stereocenters. The van der Waals surface area contributed by atoms with Gasteiger partial charge in [0.05, 0.1) is 27.6 Å². The minimum atomic E-state index is -1.62. The van der Waals surface area contributed by atoms with Crippen molar-refractivity contribution in [3.05, 3.63) is 11.3 Å². The highest BCUT2D eigenvalue weighted by Gasteiger charge is 2.71. The molecule has 0 amide bonds. The molecule has 190 valence electrons. The van der Waals surface area contributed by atoms with Gasteiger partial charge in [-0.1, -0.05) is 13.8 Å². The van der Waals surface area contributed by atoms with E-state index >= 15 is 0 Å². The Morgan fingerprint density at radius 3 is 2.29 bits per heavy atom. The van der Waals surface area contributed by atoms with Gasteiger partial charge in [-0.3, -0.25) is 14.4 Å². The molecule has 4 rings (SSSR count). The second kappa shape index (κ2) is 7.47. The molecule has 8 atom stereocenters.